The van der Waals surface area contributed by atoms with Gasteiger partial charge in [-0.15, -0.1) is 0 Å². The number of nitrogens with one attached hydrogen (secondary N) is 1. The van der Waals surface area contributed by atoms with Crippen LogP contribution in [0.3, 0.4) is 0 Å². The molecule has 88 valence electrons. The summed E-state index contributed by atoms with van der Waals surface area (Å²) in [5.74, 6) is 0.574. The summed E-state index contributed by atoms with van der Waals surface area (Å²) < 4.78 is 0. The third kappa shape index (κ3) is 2.52. The highest BCUT2D eigenvalue weighted by Gasteiger charge is 2.39. The quantitative estimate of drug-likeness (QED) is 0.728. The van der Waals surface area contributed by atoms with Crippen molar-refractivity contribution in [1.82, 2.24) is 10.4 Å². The summed E-state index contributed by atoms with van der Waals surface area (Å²) in [6, 6.07) is 0. The van der Waals surface area contributed by atoms with Gasteiger partial charge in [0.25, 0.3) is 0 Å². The van der Waals surface area contributed by atoms with Crippen LogP contribution in [-0.4, -0.2) is 35.9 Å². The SMILES string of the molecule is CNN1CCC(O)(C2CCCCC2)CC1. The topological polar surface area (TPSA) is 35.5 Å². The maximum Gasteiger partial charge on any atom is 0.0701 e. The second kappa shape index (κ2) is 4.81. The van der Waals surface area contributed by atoms with Crippen LogP contribution in [-0.2, 0) is 0 Å². The fraction of sp³-hybridized carbons (Fsp3) is 1.00. The van der Waals surface area contributed by atoms with Crippen LogP contribution in [0.2, 0.25) is 0 Å². The van der Waals surface area contributed by atoms with Gasteiger partial charge in [-0.2, -0.15) is 0 Å². The standard InChI is InChI=1S/C12H24N2O/c1-13-14-9-7-12(15,8-10-14)11-5-3-2-4-6-11/h11,13,15H,2-10H2,1H3. The van der Waals surface area contributed by atoms with E-state index in [1.807, 2.05) is 7.05 Å². The highest BCUT2D eigenvalue weighted by Crippen LogP contribution is 2.38. The lowest BCUT2D eigenvalue weighted by Crippen LogP contribution is -2.52. The molecule has 0 aromatic carbocycles. The van der Waals surface area contributed by atoms with E-state index in [4.69, 9.17) is 0 Å². The van der Waals surface area contributed by atoms with E-state index in [-0.39, 0.29) is 5.60 Å². The number of hydrogen-bond donors (Lipinski definition) is 2. The monoisotopic (exact) mass is 212 g/mol. The normalized spacial score (nSPS) is 29.2. The molecule has 3 nitrogen and oxygen atoms in total. The van der Waals surface area contributed by atoms with Gasteiger partial charge in [-0.3, -0.25) is 5.43 Å². The molecule has 2 fully saturated rings. The Morgan fingerprint density at radius 3 is 2.27 bits per heavy atom. The molecule has 0 amide bonds. The van der Waals surface area contributed by atoms with Crippen LogP contribution in [0.5, 0.6) is 0 Å². The van der Waals surface area contributed by atoms with Gasteiger partial charge in [0, 0.05) is 13.1 Å². The van der Waals surface area contributed by atoms with Crippen LogP contribution in [0.25, 0.3) is 0 Å². The molecule has 0 radical (unpaired) electrons. The van der Waals surface area contributed by atoms with Gasteiger partial charge in [-0.05, 0) is 38.6 Å². The lowest BCUT2D eigenvalue weighted by atomic mass is 9.72. The zero-order valence-electron chi connectivity index (χ0n) is 9.84. The molecule has 2 N–H and O–H groups in total. The average molecular weight is 212 g/mol. The van der Waals surface area contributed by atoms with Gasteiger partial charge in [-0.1, -0.05) is 19.3 Å². The molecule has 1 aliphatic carbocycles. The first kappa shape index (κ1) is 11.4. The van der Waals surface area contributed by atoms with Crippen LogP contribution in [0.4, 0.5) is 0 Å². The molecule has 1 saturated heterocycles. The van der Waals surface area contributed by atoms with Crippen molar-refractivity contribution in [2.45, 2.75) is 50.5 Å². The van der Waals surface area contributed by atoms with Crippen molar-refractivity contribution in [2.75, 3.05) is 20.1 Å². The third-order valence-electron chi connectivity index (χ3n) is 4.31. The third-order valence-corrected chi connectivity index (χ3v) is 4.31. The van der Waals surface area contributed by atoms with E-state index in [9.17, 15) is 5.11 Å². The van der Waals surface area contributed by atoms with E-state index in [0.29, 0.717) is 5.92 Å². The molecule has 1 aliphatic heterocycles. The molecule has 0 spiro atoms. The van der Waals surface area contributed by atoms with Crippen molar-refractivity contribution >= 4 is 0 Å². The second-order valence-electron chi connectivity index (χ2n) is 5.15. The van der Waals surface area contributed by atoms with E-state index < -0.39 is 0 Å². The minimum atomic E-state index is -0.353. The second-order valence-corrected chi connectivity index (χ2v) is 5.15. The molecule has 2 rings (SSSR count). The predicted molar refractivity (Wildman–Crippen MR) is 61.4 cm³/mol. The van der Waals surface area contributed by atoms with Crippen molar-refractivity contribution in [2.24, 2.45) is 5.92 Å². The molecule has 3 heteroatoms. The van der Waals surface area contributed by atoms with Gasteiger partial charge >= 0.3 is 0 Å². The van der Waals surface area contributed by atoms with E-state index in [1.165, 1.54) is 32.1 Å². The Hall–Kier alpha value is -0.120. The number of hydrazine groups is 1. The fourth-order valence-corrected chi connectivity index (χ4v) is 3.17. The van der Waals surface area contributed by atoms with Gasteiger partial charge in [0.05, 0.1) is 5.60 Å². The Bertz CT molecular complexity index is 194. The van der Waals surface area contributed by atoms with Crippen LogP contribution >= 0.6 is 0 Å². The zero-order chi connectivity index (χ0) is 10.7. The molecule has 1 saturated carbocycles. The van der Waals surface area contributed by atoms with Crippen molar-refractivity contribution in [3.63, 3.8) is 0 Å². The number of rotatable bonds is 2. The minimum Gasteiger partial charge on any atom is -0.390 e. The van der Waals surface area contributed by atoms with Crippen molar-refractivity contribution in [3.05, 3.63) is 0 Å². The van der Waals surface area contributed by atoms with E-state index in [1.54, 1.807) is 0 Å². The van der Waals surface area contributed by atoms with E-state index in [0.717, 1.165) is 25.9 Å². The van der Waals surface area contributed by atoms with Crippen LogP contribution in [0.1, 0.15) is 44.9 Å². The minimum absolute atomic E-state index is 0.353. The smallest absolute Gasteiger partial charge is 0.0701 e. The summed E-state index contributed by atoms with van der Waals surface area (Å²) in [5.41, 5.74) is 2.81. The fourth-order valence-electron chi connectivity index (χ4n) is 3.17. The highest BCUT2D eigenvalue weighted by molar-refractivity contribution is 4.91. The Labute approximate surface area is 92.8 Å². The maximum atomic E-state index is 10.7. The van der Waals surface area contributed by atoms with E-state index >= 15 is 0 Å². The van der Waals surface area contributed by atoms with E-state index in [2.05, 4.69) is 10.4 Å². The maximum absolute atomic E-state index is 10.7. The van der Waals surface area contributed by atoms with Crippen molar-refractivity contribution in [1.29, 1.82) is 0 Å². The van der Waals surface area contributed by atoms with Gasteiger partial charge in [0.15, 0.2) is 0 Å². The summed E-state index contributed by atoms with van der Waals surface area (Å²) in [6.45, 7) is 1.98. The van der Waals surface area contributed by atoms with Crippen LogP contribution in [0, 0.1) is 5.92 Å². The lowest BCUT2D eigenvalue weighted by Gasteiger charge is -2.44. The molecule has 0 aromatic heterocycles. The Morgan fingerprint density at radius 2 is 1.73 bits per heavy atom. The van der Waals surface area contributed by atoms with Crippen molar-refractivity contribution < 1.29 is 5.11 Å². The first-order valence-electron chi connectivity index (χ1n) is 6.39. The number of hydrogen-bond acceptors (Lipinski definition) is 3. The summed E-state index contributed by atoms with van der Waals surface area (Å²) in [4.78, 5) is 0. The molecular weight excluding hydrogens is 188 g/mol. The van der Waals surface area contributed by atoms with Crippen LogP contribution < -0.4 is 5.43 Å². The Balaban J connectivity index is 1.89. The first-order valence-corrected chi connectivity index (χ1v) is 6.39. The average Bonchev–Trinajstić information content (AvgIpc) is 2.31. The first-order chi connectivity index (χ1) is 7.24. The highest BCUT2D eigenvalue weighted by atomic mass is 16.3. The number of aliphatic hydroxyl groups is 1. The Morgan fingerprint density at radius 1 is 1.13 bits per heavy atom. The molecule has 0 unspecified atom stereocenters. The van der Waals surface area contributed by atoms with Crippen LogP contribution in [0.15, 0.2) is 0 Å². The molecular formula is C12H24N2O. The molecule has 15 heavy (non-hydrogen) atoms. The van der Waals surface area contributed by atoms with Gasteiger partial charge < -0.3 is 5.11 Å². The lowest BCUT2D eigenvalue weighted by molar-refractivity contribution is -0.0837. The molecule has 0 atom stereocenters. The summed E-state index contributed by atoms with van der Waals surface area (Å²) >= 11 is 0. The number of piperidine rings is 1. The molecule has 0 bridgehead atoms. The summed E-state index contributed by atoms with van der Waals surface area (Å²) in [6.07, 6.45) is 8.39. The largest absolute Gasteiger partial charge is 0.390 e. The summed E-state index contributed by atoms with van der Waals surface area (Å²) in [5, 5.41) is 12.9. The predicted octanol–water partition coefficient (Wildman–Crippen LogP) is 1.53. The van der Waals surface area contributed by atoms with Gasteiger partial charge in [0.1, 0.15) is 0 Å². The zero-order valence-corrected chi connectivity index (χ0v) is 9.84. The molecule has 2 aliphatic rings. The van der Waals surface area contributed by atoms with Crippen molar-refractivity contribution in [3.8, 4) is 0 Å². The summed E-state index contributed by atoms with van der Waals surface area (Å²) in [7, 11) is 1.96. The van der Waals surface area contributed by atoms with Gasteiger partial charge in [-0.25, -0.2) is 5.01 Å². The van der Waals surface area contributed by atoms with Gasteiger partial charge in [0.2, 0.25) is 0 Å². The molecule has 0 aromatic rings. The molecule has 1 heterocycles. The Kier molecular flexibility index (Phi) is 3.65. The number of nitrogens with zero attached hydrogens (tertiary/aromatic N) is 1.